The molecule has 0 atom stereocenters. The molecule has 0 saturated carbocycles. The summed E-state index contributed by atoms with van der Waals surface area (Å²) in [6.07, 6.45) is 0. The Bertz CT molecular complexity index is 983. The molecule has 1 heterocycles. The number of hydrogen-bond acceptors (Lipinski definition) is 2. The van der Waals surface area contributed by atoms with Crippen LogP contribution in [0, 0.1) is 0 Å². The number of para-hydroxylation sites is 2. The molecule has 0 fully saturated rings. The third-order valence-corrected chi connectivity index (χ3v) is 3.33. The zero-order valence-electron chi connectivity index (χ0n) is 12.0. The maximum Gasteiger partial charge on any atom is 0.368 e. The average Bonchev–Trinajstić information content (AvgIpc) is 2.95. The van der Waals surface area contributed by atoms with Gasteiger partial charge in [0.25, 0.3) is 0 Å². The summed E-state index contributed by atoms with van der Waals surface area (Å²) in [5.74, 6) is -0.878. The highest BCUT2D eigenvalue weighted by Gasteiger charge is 2.05. The van der Waals surface area contributed by atoms with E-state index >= 15 is 0 Å². The van der Waals surface area contributed by atoms with Gasteiger partial charge in [0, 0.05) is 0 Å². The van der Waals surface area contributed by atoms with E-state index in [0.717, 1.165) is 10.8 Å². The Morgan fingerprint density at radius 1 is 0.783 bits per heavy atom. The molecule has 1 N–H and O–H groups in total. The van der Waals surface area contributed by atoms with Crippen LogP contribution in [0.25, 0.3) is 10.8 Å². The molecule has 23 heavy (non-hydrogen) atoms. The van der Waals surface area contributed by atoms with Crippen LogP contribution in [0.1, 0.15) is 10.4 Å². The van der Waals surface area contributed by atoms with E-state index in [1.165, 1.54) is 0 Å². The van der Waals surface area contributed by atoms with Crippen molar-refractivity contribution < 1.29 is 14.7 Å². The molecule has 0 radical (unpaired) electrons. The molecule has 0 aromatic heterocycles. The third kappa shape index (κ3) is 3.13. The number of rotatable bonds is 1. The Morgan fingerprint density at radius 2 is 1.35 bits per heavy atom. The summed E-state index contributed by atoms with van der Waals surface area (Å²) in [6, 6.07) is 19.5. The second kappa shape index (κ2) is 6.19. The number of benzene rings is 3. The minimum Gasteiger partial charge on any atom is -0.478 e. The fraction of sp³-hybridized carbons (Fsp3) is 0. The van der Waals surface area contributed by atoms with Crippen LogP contribution in [0.15, 0.2) is 76.7 Å². The fourth-order valence-electron chi connectivity index (χ4n) is 2.30. The van der Waals surface area contributed by atoms with Crippen LogP contribution in [0.3, 0.4) is 0 Å². The van der Waals surface area contributed by atoms with Gasteiger partial charge in [-0.25, -0.2) is 9.59 Å². The van der Waals surface area contributed by atoms with Crippen molar-refractivity contribution in [2.75, 3.05) is 0 Å². The lowest BCUT2D eigenvalue weighted by Gasteiger charge is -2.00. The van der Waals surface area contributed by atoms with Crippen molar-refractivity contribution in [3.8, 4) is 0 Å². The van der Waals surface area contributed by atoms with Gasteiger partial charge in [-0.3, -0.25) is 0 Å². The molecular weight excluding hydrogens is 292 g/mol. The second-order valence-electron chi connectivity index (χ2n) is 4.83. The summed E-state index contributed by atoms with van der Waals surface area (Å²) >= 11 is 0. The highest BCUT2D eigenvalue weighted by Crippen LogP contribution is 2.17. The van der Waals surface area contributed by atoms with E-state index in [0.29, 0.717) is 16.3 Å². The van der Waals surface area contributed by atoms with E-state index in [-0.39, 0.29) is 0 Å². The number of hydrogen-bond donors (Lipinski definition) is 1. The van der Waals surface area contributed by atoms with Gasteiger partial charge in [-0.2, -0.15) is 9.98 Å². The maximum absolute atomic E-state index is 10.8. The smallest absolute Gasteiger partial charge is 0.368 e. The third-order valence-electron chi connectivity index (χ3n) is 3.33. The van der Waals surface area contributed by atoms with Crippen molar-refractivity contribution in [1.82, 2.24) is 0 Å². The second-order valence-corrected chi connectivity index (χ2v) is 4.83. The lowest BCUT2D eigenvalue weighted by atomic mass is 10.1. The van der Waals surface area contributed by atoms with Crippen molar-refractivity contribution in [1.29, 1.82) is 0 Å². The van der Waals surface area contributed by atoms with Crippen molar-refractivity contribution >= 4 is 22.8 Å². The molecule has 1 aliphatic heterocycles. The molecule has 2 amide bonds. The highest BCUT2D eigenvalue weighted by molar-refractivity contribution is 6.03. The topological polar surface area (TPSA) is 79.1 Å². The summed E-state index contributed by atoms with van der Waals surface area (Å²) in [6.45, 7) is 0. The predicted octanol–water partition coefficient (Wildman–Crippen LogP) is 2.60. The van der Waals surface area contributed by atoms with Crippen LogP contribution in [-0.2, 0) is 0 Å². The van der Waals surface area contributed by atoms with Crippen LogP contribution in [0.2, 0.25) is 0 Å². The van der Waals surface area contributed by atoms with Gasteiger partial charge < -0.3 is 5.11 Å². The molecule has 0 aliphatic carbocycles. The van der Waals surface area contributed by atoms with Crippen molar-refractivity contribution in [2.24, 2.45) is 9.98 Å². The van der Waals surface area contributed by atoms with Crippen molar-refractivity contribution in [2.45, 2.75) is 0 Å². The Kier molecular flexibility index (Phi) is 3.93. The minimum atomic E-state index is -0.878. The highest BCUT2D eigenvalue weighted by atomic mass is 16.4. The lowest BCUT2D eigenvalue weighted by Crippen LogP contribution is -2.19. The summed E-state index contributed by atoms with van der Waals surface area (Å²) in [4.78, 5) is 28.7. The molecule has 3 aromatic carbocycles. The summed E-state index contributed by atoms with van der Waals surface area (Å²) in [5, 5.41) is 12.0. The lowest BCUT2D eigenvalue weighted by molar-refractivity contribution is 0.0699. The van der Waals surface area contributed by atoms with Crippen molar-refractivity contribution in [3.05, 3.63) is 83.0 Å². The summed E-state index contributed by atoms with van der Waals surface area (Å²) in [7, 11) is 0. The van der Waals surface area contributed by atoms with Crippen LogP contribution in [0.4, 0.5) is 4.79 Å². The molecule has 3 aromatic rings. The van der Waals surface area contributed by atoms with Gasteiger partial charge in [0.2, 0.25) is 0 Å². The Hall–Kier alpha value is -3.34. The van der Waals surface area contributed by atoms with Gasteiger partial charge in [0.05, 0.1) is 16.3 Å². The van der Waals surface area contributed by atoms with Crippen LogP contribution in [0.5, 0.6) is 0 Å². The number of nitrogens with zero attached hydrogens (tertiary/aromatic N) is 2. The van der Waals surface area contributed by atoms with E-state index < -0.39 is 12.0 Å². The van der Waals surface area contributed by atoms with E-state index in [1.54, 1.807) is 24.3 Å². The summed E-state index contributed by atoms with van der Waals surface area (Å²) < 4.78 is 0. The number of aromatic carboxylic acids is 1. The number of carbonyl (C=O) groups is 2. The number of carboxylic acid groups (broad SMARTS) is 1. The normalized spacial score (nSPS) is 11.7. The molecule has 0 unspecified atom stereocenters. The molecule has 5 nitrogen and oxygen atoms in total. The number of carbonyl (C=O) groups excluding carboxylic acids is 1. The number of fused-ring (bicyclic) bond motifs is 2. The first kappa shape index (κ1) is 14.6. The van der Waals surface area contributed by atoms with Gasteiger partial charge in [-0.05, 0) is 29.0 Å². The van der Waals surface area contributed by atoms with Crippen LogP contribution < -0.4 is 10.7 Å². The van der Waals surface area contributed by atoms with Crippen LogP contribution >= 0.6 is 0 Å². The molecule has 0 bridgehead atoms. The quantitative estimate of drug-likeness (QED) is 0.750. The summed E-state index contributed by atoms with van der Waals surface area (Å²) in [5.41, 5.74) is 0.359. The number of carboxylic acids is 1. The molecule has 5 heteroatoms. The van der Waals surface area contributed by atoms with E-state index in [9.17, 15) is 9.59 Å². The average molecular weight is 304 g/mol. The Balaban J connectivity index is 0.000000140. The predicted molar refractivity (Wildman–Crippen MR) is 85.1 cm³/mol. The SMILES string of the molecule is O=C(O)c1cccc2ccccc12.O=C1N=c2ccccc2=N1. The molecule has 0 saturated heterocycles. The molecule has 1 aliphatic rings. The zero-order chi connectivity index (χ0) is 16.2. The van der Waals surface area contributed by atoms with E-state index in [4.69, 9.17) is 5.11 Å². The van der Waals surface area contributed by atoms with E-state index in [1.807, 2.05) is 42.5 Å². The van der Waals surface area contributed by atoms with Gasteiger partial charge >= 0.3 is 12.0 Å². The van der Waals surface area contributed by atoms with Gasteiger partial charge in [0.15, 0.2) is 0 Å². The maximum atomic E-state index is 10.8. The zero-order valence-corrected chi connectivity index (χ0v) is 12.0. The standard InChI is InChI=1S/C11H8O2.C7H4N2O/c12-11(13)10-7-3-5-8-4-1-2-6-9(8)10;10-7-8-5-3-1-2-4-6(5)9-7/h1-7H,(H,12,13);1-4H. The molecule has 112 valence electrons. The van der Waals surface area contributed by atoms with Crippen molar-refractivity contribution in [3.63, 3.8) is 0 Å². The first-order valence-corrected chi connectivity index (χ1v) is 6.92. The fourth-order valence-corrected chi connectivity index (χ4v) is 2.30. The monoisotopic (exact) mass is 304 g/mol. The first-order valence-electron chi connectivity index (χ1n) is 6.92. The first-order chi connectivity index (χ1) is 11.1. The van der Waals surface area contributed by atoms with Gasteiger partial charge in [-0.15, -0.1) is 0 Å². The largest absolute Gasteiger partial charge is 0.478 e. The Labute approximate surface area is 131 Å². The Morgan fingerprint density at radius 3 is 2.00 bits per heavy atom. The number of amides is 2. The molecular formula is C18H12N2O3. The number of urea groups is 1. The van der Waals surface area contributed by atoms with Gasteiger partial charge in [-0.1, -0.05) is 48.5 Å². The van der Waals surface area contributed by atoms with Gasteiger partial charge in [0.1, 0.15) is 0 Å². The molecule has 4 rings (SSSR count). The van der Waals surface area contributed by atoms with E-state index in [2.05, 4.69) is 9.98 Å². The van der Waals surface area contributed by atoms with Crippen LogP contribution in [-0.4, -0.2) is 17.1 Å². The molecule has 0 spiro atoms. The minimum absolute atomic E-state index is 0.359.